The van der Waals surface area contributed by atoms with Crippen LogP contribution in [0.3, 0.4) is 0 Å². The van der Waals surface area contributed by atoms with Gasteiger partial charge >= 0.3 is 0 Å². The molecule has 2 heterocycles. The SMILES string of the molecule is CC(C)[C@@H](NC(=O)CCN1C(=O)COc2ccccc21)c1cccs1. The standard InChI is InChI=1S/C19H22N2O3S/c1-13(2)19(16-8-5-11-25-16)20-17(22)9-10-21-14-6-3-4-7-15(14)24-12-18(21)23/h3-8,11,13,19H,9-10,12H2,1-2H3,(H,20,22)/t19-/m1/s1. The molecule has 1 aromatic heterocycles. The van der Waals surface area contributed by atoms with Crippen molar-refractivity contribution in [2.45, 2.75) is 26.3 Å². The van der Waals surface area contributed by atoms with E-state index >= 15 is 0 Å². The fourth-order valence-electron chi connectivity index (χ4n) is 2.89. The Kier molecular flexibility index (Phi) is 5.38. The third-order valence-corrected chi connectivity index (χ3v) is 5.16. The van der Waals surface area contributed by atoms with Crippen molar-refractivity contribution in [3.05, 3.63) is 46.7 Å². The van der Waals surface area contributed by atoms with Crippen LogP contribution in [0.25, 0.3) is 0 Å². The molecule has 132 valence electrons. The summed E-state index contributed by atoms with van der Waals surface area (Å²) in [7, 11) is 0. The van der Waals surface area contributed by atoms with Gasteiger partial charge < -0.3 is 15.0 Å². The first-order valence-electron chi connectivity index (χ1n) is 8.41. The van der Waals surface area contributed by atoms with E-state index in [9.17, 15) is 9.59 Å². The van der Waals surface area contributed by atoms with Gasteiger partial charge in [-0.15, -0.1) is 11.3 Å². The van der Waals surface area contributed by atoms with Gasteiger partial charge in [0.15, 0.2) is 6.61 Å². The van der Waals surface area contributed by atoms with Crippen LogP contribution >= 0.6 is 11.3 Å². The first-order valence-corrected chi connectivity index (χ1v) is 9.29. The zero-order valence-electron chi connectivity index (χ0n) is 14.4. The predicted octanol–water partition coefficient (Wildman–Crippen LogP) is 3.38. The lowest BCUT2D eigenvalue weighted by Gasteiger charge is -2.29. The van der Waals surface area contributed by atoms with Crippen molar-refractivity contribution < 1.29 is 14.3 Å². The van der Waals surface area contributed by atoms with Crippen LogP contribution in [0.2, 0.25) is 0 Å². The van der Waals surface area contributed by atoms with Crippen molar-refractivity contribution in [3.63, 3.8) is 0 Å². The first kappa shape index (κ1) is 17.5. The average Bonchev–Trinajstić information content (AvgIpc) is 3.12. The second kappa shape index (κ2) is 7.70. The monoisotopic (exact) mass is 358 g/mol. The summed E-state index contributed by atoms with van der Waals surface area (Å²) >= 11 is 1.64. The molecule has 0 saturated heterocycles. The molecule has 1 N–H and O–H groups in total. The van der Waals surface area contributed by atoms with E-state index in [4.69, 9.17) is 4.74 Å². The summed E-state index contributed by atoms with van der Waals surface area (Å²) in [5.41, 5.74) is 0.727. The van der Waals surface area contributed by atoms with Gasteiger partial charge in [-0.1, -0.05) is 32.0 Å². The molecule has 0 spiro atoms. The van der Waals surface area contributed by atoms with Gasteiger partial charge in [0.05, 0.1) is 11.7 Å². The lowest BCUT2D eigenvalue weighted by atomic mass is 10.0. The summed E-state index contributed by atoms with van der Waals surface area (Å²) in [5, 5.41) is 5.11. The van der Waals surface area contributed by atoms with Crippen molar-refractivity contribution in [1.82, 2.24) is 5.32 Å². The Hall–Kier alpha value is -2.34. The molecule has 0 aliphatic carbocycles. The van der Waals surface area contributed by atoms with Crippen LogP contribution in [-0.4, -0.2) is 25.0 Å². The Balaban J connectivity index is 1.63. The number of fused-ring (bicyclic) bond motifs is 1. The van der Waals surface area contributed by atoms with Crippen molar-refractivity contribution >= 4 is 28.8 Å². The van der Waals surface area contributed by atoms with Gasteiger partial charge in [-0.2, -0.15) is 0 Å². The van der Waals surface area contributed by atoms with E-state index in [0.29, 0.717) is 18.2 Å². The average molecular weight is 358 g/mol. The molecular formula is C19H22N2O3S. The maximum Gasteiger partial charge on any atom is 0.265 e. The van der Waals surface area contributed by atoms with E-state index in [1.54, 1.807) is 16.2 Å². The van der Waals surface area contributed by atoms with Crippen molar-refractivity contribution in [3.8, 4) is 5.75 Å². The number of anilines is 1. The molecule has 1 atom stereocenters. The van der Waals surface area contributed by atoms with Gasteiger partial charge in [0.1, 0.15) is 5.75 Å². The summed E-state index contributed by atoms with van der Waals surface area (Å²) in [6.07, 6.45) is 0.259. The number of hydrogen-bond acceptors (Lipinski definition) is 4. The zero-order chi connectivity index (χ0) is 17.8. The number of carbonyl (C=O) groups is 2. The molecule has 0 unspecified atom stereocenters. The number of nitrogens with one attached hydrogen (secondary N) is 1. The van der Waals surface area contributed by atoms with Crippen molar-refractivity contribution in [2.75, 3.05) is 18.1 Å². The highest BCUT2D eigenvalue weighted by atomic mass is 32.1. The Morgan fingerprint density at radius 2 is 2.08 bits per heavy atom. The molecule has 1 aliphatic heterocycles. The molecule has 5 nitrogen and oxygen atoms in total. The van der Waals surface area contributed by atoms with Crippen LogP contribution in [0.15, 0.2) is 41.8 Å². The Labute approximate surface area is 151 Å². The summed E-state index contributed by atoms with van der Waals surface area (Å²) in [6.45, 7) is 4.54. The molecule has 25 heavy (non-hydrogen) atoms. The number of benzene rings is 1. The quantitative estimate of drug-likeness (QED) is 0.861. The van der Waals surface area contributed by atoms with Crippen molar-refractivity contribution in [1.29, 1.82) is 0 Å². The number of nitrogens with zero attached hydrogens (tertiary/aromatic N) is 1. The zero-order valence-corrected chi connectivity index (χ0v) is 15.2. The fourth-order valence-corrected chi connectivity index (χ4v) is 3.84. The van der Waals surface area contributed by atoms with Gasteiger partial charge in [0, 0.05) is 17.8 Å². The van der Waals surface area contributed by atoms with Gasteiger partial charge in [-0.3, -0.25) is 9.59 Å². The number of amides is 2. The van der Waals surface area contributed by atoms with E-state index in [2.05, 4.69) is 19.2 Å². The van der Waals surface area contributed by atoms with E-state index in [0.717, 1.165) is 10.6 Å². The van der Waals surface area contributed by atoms with E-state index < -0.39 is 0 Å². The summed E-state index contributed by atoms with van der Waals surface area (Å²) in [4.78, 5) is 27.4. The highest BCUT2D eigenvalue weighted by Gasteiger charge is 2.26. The molecule has 1 aliphatic rings. The summed E-state index contributed by atoms with van der Waals surface area (Å²) < 4.78 is 5.43. The minimum atomic E-state index is -0.120. The summed E-state index contributed by atoms with van der Waals surface area (Å²) in [5.74, 6) is 0.809. The molecule has 1 aromatic carbocycles. The highest BCUT2D eigenvalue weighted by Crippen LogP contribution is 2.31. The van der Waals surface area contributed by atoms with Crippen LogP contribution < -0.4 is 15.0 Å². The normalized spacial score (nSPS) is 14.8. The Bertz CT molecular complexity index is 743. The molecule has 0 fully saturated rings. The summed E-state index contributed by atoms with van der Waals surface area (Å²) in [6, 6.07) is 11.4. The highest BCUT2D eigenvalue weighted by molar-refractivity contribution is 7.10. The fraction of sp³-hybridized carbons (Fsp3) is 0.368. The van der Waals surface area contributed by atoms with Crippen molar-refractivity contribution in [2.24, 2.45) is 5.92 Å². The van der Waals surface area contributed by atoms with Gasteiger partial charge in [-0.05, 0) is 29.5 Å². The maximum absolute atomic E-state index is 12.4. The van der Waals surface area contributed by atoms with Crippen LogP contribution in [0.5, 0.6) is 5.75 Å². The Morgan fingerprint density at radius 1 is 1.28 bits per heavy atom. The first-order chi connectivity index (χ1) is 12.1. The van der Waals surface area contributed by atoms with E-state index in [1.807, 2.05) is 41.8 Å². The van der Waals surface area contributed by atoms with E-state index in [-0.39, 0.29) is 30.9 Å². The lowest BCUT2D eigenvalue weighted by molar-refractivity contribution is -0.122. The number of para-hydroxylation sites is 2. The second-order valence-corrected chi connectivity index (χ2v) is 7.34. The largest absolute Gasteiger partial charge is 0.482 e. The second-order valence-electron chi connectivity index (χ2n) is 6.36. The molecule has 0 saturated carbocycles. The van der Waals surface area contributed by atoms with Crippen LogP contribution in [0.4, 0.5) is 5.69 Å². The minimum absolute atomic E-state index is 0.000164. The molecule has 3 rings (SSSR count). The lowest BCUT2D eigenvalue weighted by Crippen LogP contribution is -2.41. The van der Waals surface area contributed by atoms with Crippen LogP contribution in [0, 0.1) is 5.92 Å². The number of thiophene rings is 1. The van der Waals surface area contributed by atoms with Gasteiger partial charge in [0.2, 0.25) is 5.91 Å². The van der Waals surface area contributed by atoms with Crippen LogP contribution in [-0.2, 0) is 9.59 Å². The van der Waals surface area contributed by atoms with E-state index in [1.165, 1.54) is 0 Å². The third-order valence-electron chi connectivity index (χ3n) is 4.20. The molecule has 6 heteroatoms. The number of ether oxygens (including phenoxy) is 1. The molecular weight excluding hydrogens is 336 g/mol. The Morgan fingerprint density at radius 3 is 2.80 bits per heavy atom. The van der Waals surface area contributed by atoms with Gasteiger partial charge in [0.25, 0.3) is 5.91 Å². The molecule has 2 amide bonds. The topological polar surface area (TPSA) is 58.6 Å². The third kappa shape index (κ3) is 4.02. The molecule has 2 aromatic rings. The number of rotatable bonds is 6. The smallest absolute Gasteiger partial charge is 0.265 e. The number of carbonyl (C=O) groups excluding carboxylic acids is 2. The number of hydrogen-bond donors (Lipinski definition) is 1. The molecule has 0 bridgehead atoms. The maximum atomic E-state index is 12.4. The molecule has 0 radical (unpaired) electrons. The minimum Gasteiger partial charge on any atom is -0.482 e. The van der Waals surface area contributed by atoms with Gasteiger partial charge in [-0.25, -0.2) is 0 Å². The predicted molar refractivity (Wildman–Crippen MR) is 98.9 cm³/mol. The van der Waals surface area contributed by atoms with Crippen LogP contribution in [0.1, 0.15) is 31.2 Å².